The molecule has 44 heavy (non-hydrogen) atoms. The largest absolute Gasteiger partial charge is 1.00 e. The minimum atomic E-state index is -5.28. The Bertz CT molecular complexity index is 1480. The zero-order valence-corrected chi connectivity index (χ0v) is 29.0. The van der Waals surface area contributed by atoms with Crippen LogP contribution in [0.5, 0.6) is 0 Å². The summed E-state index contributed by atoms with van der Waals surface area (Å²) < 4.78 is 52.9. The summed E-state index contributed by atoms with van der Waals surface area (Å²) in [6.07, 6.45) is -1.14. The van der Waals surface area contributed by atoms with Gasteiger partial charge >= 0.3 is 70.5 Å². The summed E-state index contributed by atoms with van der Waals surface area (Å²) in [6.45, 7) is 3.17. The maximum atomic E-state index is 14.0. The van der Waals surface area contributed by atoms with Gasteiger partial charge in [-0.3, -0.25) is 0 Å². The second-order valence-electron chi connectivity index (χ2n) is 12.0. The van der Waals surface area contributed by atoms with E-state index in [4.69, 9.17) is 9.47 Å². The van der Waals surface area contributed by atoms with E-state index in [0.717, 1.165) is 34.4 Å². The molecule has 1 fully saturated rings. The van der Waals surface area contributed by atoms with Gasteiger partial charge in [-0.25, -0.2) is 9.59 Å². The second-order valence-corrected chi connectivity index (χ2v) is 12.0. The fraction of sp³-hybridized carbons (Fsp3) is 0.375. The smallest absolute Gasteiger partial charge is 0.449 e. The molecule has 0 bridgehead atoms. The number of carbonyl (C=O) groups is 2. The molecule has 7 nitrogen and oxygen atoms in total. The summed E-state index contributed by atoms with van der Waals surface area (Å²) in [5, 5.41) is 2.65. The number of ether oxygens (including phenoxy) is 2. The van der Waals surface area contributed by atoms with E-state index in [2.05, 4.69) is 5.32 Å². The van der Waals surface area contributed by atoms with E-state index in [1.165, 1.54) is 0 Å². The maximum absolute atomic E-state index is 14.0. The van der Waals surface area contributed by atoms with Crippen LogP contribution in [0.25, 0.3) is 11.1 Å². The number of piperazine rings is 1. The van der Waals surface area contributed by atoms with Crippen LogP contribution in [0.1, 0.15) is 48.9 Å². The fourth-order valence-corrected chi connectivity index (χ4v) is 5.76. The Kier molecular flexibility index (Phi) is 10.8. The summed E-state index contributed by atoms with van der Waals surface area (Å²) in [7, 11) is 0. The summed E-state index contributed by atoms with van der Waals surface area (Å²) in [4.78, 5) is 28.6. The van der Waals surface area contributed by atoms with Crippen molar-refractivity contribution in [2.45, 2.75) is 45.8 Å². The minimum Gasteiger partial charge on any atom is -0.449 e. The topological polar surface area (TPSA) is 71.1 Å². The molecule has 3 aromatic rings. The molecule has 2 aliphatic rings. The van der Waals surface area contributed by atoms with Crippen molar-refractivity contribution in [2.24, 2.45) is 0 Å². The molecule has 2 amide bonds. The first-order chi connectivity index (χ1) is 20.3. The van der Waals surface area contributed by atoms with Crippen molar-refractivity contribution in [2.75, 3.05) is 37.7 Å². The van der Waals surface area contributed by atoms with E-state index < -0.39 is 30.2 Å². The third-order valence-corrected chi connectivity index (χ3v) is 7.93. The Morgan fingerprint density at radius 1 is 0.932 bits per heavy atom. The average molecular weight is 634 g/mol. The van der Waals surface area contributed by atoms with Gasteiger partial charge in [0.25, 0.3) is 0 Å². The molecule has 0 radical (unpaired) electrons. The van der Waals surface area contributed by atoms with E-state index in [-0.39, 0.29) is 70.5 Å². The Balaban J connectivity index is 0.00000442. The molecule has 1 heterocycles. The van der Waals surface area contributed by atoms with E-state index in [1.54, 1.807) is 32.6 Å². The number of anilines is 1. The first-order valence-corrected chi connectivity index (χ1v) is 14.5. The van der Waals surface area contributed by atoms with Crippen LogP contribution >= 0.6 is 0 Å². The van der Waals surface area contributed by atoms with Crippen molar-refractivity contribution in [3.05, 3.63) is 82.9 Å². The molecule has 0 saturated carbocycles. The summed E-state index contributed by atoms with van der Waals surface area (Å²) in [5.74, 6) is -0.123. The molecule has 5 rings (SSSR count). The van der Waals surface area contributed by atoms with E-state index in [9.17, 15) is 22.5 Å². The number of nitrogens with zero attached hydrogens (tertiary/aromatic N) is 2. The molecular formula is C32H36BF3KN3O4. The first kappa shape index (κ1) is 34.4. The molecule has 0 aromatic heterocycles. The molecule has 0 unspecified atom stereocenters. The fourth-order valence-electron chi connectivity index (χ4n) is 5.76. The molecule has 0 spiro atoms. The summed E-state index contributed by atoms with van der Waals surface area (Å²) in [6, 6.07) is 18.2. The van der Waals surface area contributed by atoms with Gasteiger partial charge in [0.2, 0.25) is 0 Å². The zero-order valence-electron chi connectivity index (χ0n) is 25.8. The Hall–Kier alpha value is -2.51. The van der Waals surface area contributed by atoms with Crippen LogP contribution in [0.2, 0.25) is 0 Å². The van der Waals surface area contributed by atoms with Gasteiger partial charge in [0.15, 0.2) is 0 Å². The summed E-state index contributed by atoms with van der Waals surface area (Å²) >= 11 is 0. The van der Waals surface area contributed by atoms with Gasteiger partial charge in [0.05, 0.1) is 0 Å². The standard InChI is InChI=1S/C32H36BF3N3O4.K/c1-21-22(19-37-30(40)42-20-28-26-11-7-5-9-24(26)25-10-6-8-12-27(25)28)17-23(33(34,35)36)18-29(21)38-13-15-39(16-14-38)31(41)43-32(2,3)4;/h5-12,17-18,28H,13-16,19-20H2,1-4H3,(H,37,40);/q-1;+1. The van der Waals surface area contributed by atoms with Crippen molar-refractivity contribution >= 4 is 30.3 Å². The van der Waals surface area contributed by atoms with Gasteiger partial charge in [0.1, 0.15) is 12.2 Å². The normalized spacial score (nSPS) is 14.8. The van der Waals surface area contributed by atoms with Crippen LogP contribution in [0.15, 0.2) is 60.7 Å². The van der Waals surface area contributed by atoms with Crippen molar-refractivity contribution in [3.63, 3.8) is 0 Å². The Morgan fingerprint density at radius 2 is 1.50 bits per heavy atom. The van der Waals surface area contributed by atoms with Gasteiger partial charge in [-0.1, -0.05) is 60.7 Å². The number of hydrogen-bond donors (Lipinski definition) is 1. The van der Waals surface area contributed by atoms with Gasteiger partial charge in [-0.05, 0) is 61.1 Å². The Morgan fingerprint density at radius 3 is 2.05 bits per heavy atom. The van der Waals surface area contributed by atoms with Crippen molar-refractivity contribution in [1.29, 1.82) is 0 Å². The number of benzene rings is 3. The number of halogens is 3. The minimum absolute atomic E-state index is 0. The van der Waals surface area contributed by atoms with Gasteiger partial charge < -0.3 is 37.5 Å². The Labute approximate surface area is 298 Å². The number of amides is 2. The first-order valence-electron chi connectivity index (χ1n) is 14.5. The van der Waals surface area contributed by atoms with Gasteiger partial charge in [-0.2, -0.15) is 0 Å². The molecule has 3 aromatic carbocycles. The van der Waals surface area contributed by atoms with Crippen LogP contribution in [-0.2, 0) is 16.0 Å². The van der Waals surface area contributed by atoms with Gasteiger partial charge in [-0.15, -0.1) is 5.46 Å². The number of fused-ring (bicyclic) bond motifs is 3. The molecule has 1 aliphatic carbocycles. The quantitative estimate of drug-likeness (QED) is 0.423. The number of rotatable bonds is 6. The van der Waals surface area contributed by atoms with E-state index >= 15 is 0 Å². The third-order valence-electron chi connectivity index (χ3n) is 7.93. The monoisotopic (exact) mass is 633 g/mol. The number of nitrogens with one attached hydrogen (secondary N) is 1. The maximum Gasteiger partial charge on any atom is 1.00 e. The molecule has 0 atom stereocenters. The molecule has 1 aliphatic heterocycles. The van der Waals surface area contributed by atoms with Crippen molar-refractivity contribution in [3.8, 4) is 11.1 Å². The number of alkyl carbamates (subject to hydrolysis) is 1. The summed E-state index contributed by atoms with van der Waals surface area (Å²) in [5.41, 5.74) is 4.41. The zero-order chi connectivity index (χ0) is 30.9. The average Bonchev–Trinajstić information content (AvgIpc) is 3.27. The molecule has 1 saturated heterocycles. The molecule has 1 N–H and O–H groups in total. The van der Waals surface area contributed by atoms with Crippen LogP contribution < -0.4 is 67.1 Å². The van der Waals surface area contributed by atoms with Crippen LogP contribution in [-0.4, -0.2) is 62.5 Å². The predicted octanol–water partition coefficient (Wildman–Crippen LogP) is 3.15. The molecular weight excluding hydrogens is 597 g/mol. The van der Waals surface area contributed by atoms with Gasteiger partial charge in [0, 0.05) is 44.3 Å². The van der Waals surface area contributed by atoms with Crippen LogP contribution in [0.4, 0.5) is 28.2 Å². The predicted molar refractivity (Wildman–Crippen MR) is 162 cm³/mol. The third kappa shape index (κ3) is 7.82. The van der Waals surface area contributed by atoms with Crippen molar-refractivity contribution in [1.82, 2.24) is 10.2 Å². The second kappa shape index (κ2) is 13.9. The van der Waals surface area contributed by atoms with Crippen molar-refractivity contribution < 1.29 is 83.4 Å². The SMILES string of the molecule is Cc1c(CNC(=O)OCC2c3ccccc3-c3ccccc32)cc([B-](F)(F)F)cc1N1CCN(C(=O)OC(C)(C)C)CC1.[K+]. The van der Waals surface area contributed by atoms with E-state index in [1.807, 2.05) is 53.4 Å². The molecule has 12 heteroatoms. The molecule has 228 valence electrons. The van der Waals surface area contributed by atoms with Crippen LogP contribution in [0, 0.1) is 6.92 Å². The van der Waals surface area contributed by atoms with Crippen LogP contribution in [0.3, 0.4) is 0 Å². The number of carbonyl (C=O) groups excluding carboxylic acids is 2. The van der Waals surface area contributed by atoms with E-state index in [0.29, 0.717) is 43.0 Å². The number of hydrogen-bond acceptors (Lipinski definition) is 5.